The number of nitrogens with zero attached hydrogens (tertiary/aromatic N) is 2. The van der Waals surface area contributed by atoms with Crippen LogP contribution in [0.15, 0.2) is 60.7 Å². The van der Waals surface area contributed by atoms with Crippen LogP contribution in [-0.2, 0) is 19.1 Å². The second-order valence-electron chi connectivity index (χ2n) is 7.30. The highest BCUT2D eigenvalue weighted by atomic mass is 16.6. The third-order valence-electron chi connectivity index (χ3n) is 4.70. The lowest BCUT2D eigenvalue weighted by molar-refractivity contribution is -0.385. The third-order valence-corrected chi connectivity index (χ3v) is 4.70. The second kappa shape index (κ2) is 11.4. The Balaban J connectivity index is 1.89. The number of rotatable bonds is 11. The topological polar surface area (TPSA) is 173 Å². The summed E-state index contributed by atoms with van der Waals surface area (Å²) in [6, 6.07) is 9.44. The van der Waals surface area contributed by atoms with Crippen molar-refractivity contribution in [1.82, 2.24) is 0 Å². The van der Waals surface area contributed by atoms with Crippen LogP contribution in [0.4, 0.5) is 11.4 Å². The number of Topliss-reactive ketones (excluding diaryl/α,β-unsaturated/α-hetero) is 2. The molecule has 2 rings (SSSR count). The minimum atomic E-state index is -1.26. The monoisotopic (exact) mass is 484 g/mol. The van der Waals surface area contributed by atoms with Crippen LogP contribution in [0.5, 0.6) is 0 Å². The maximum absolute atomic E-state index is 12.4. The Hall–Kier alpha value is -4.74. The number of nitro benzene ring substituents is 2. The van der Waals surface area contributed by atoms with Gasteiger partial charge >= 0.3 is 11.9 Å². The van der Waals surface area contributed by atoms with Gasteiger partial charge in [0.05, 0.1) is 16.3 Å². The van der Waals surface area contributed by atoms with Crippen LogP contribution in [-0.4, -0.2) is 45.6 Å². The molecule has 2 aromatic carbocycles. The molecule has 0 aliphatic rings. The first-order chi connectivity index (χ1) is 16.4. The molecule has 2 atom stereocenters. The van der Waals surface area contributed by atoms with E-state index >= 15 is 0 Å². The van der Waals surface area contributed by atoms with Crippen LogP contribution in [0.2, 0.25) is 0 Å². The van der Waals surface area contributed by atoms with Crippen LogP contribution in [0.1, 0.15) is 41.0 Å². The molecule has 12 heteroatoms. The first-order valence-electron chi connectivity index (χ1n) is 10.1. The van der Waals surface area contributed by atoms with E-state index in [4.69, 9.17) is 9.47 Å². The maximum Gasteiger partial charge on any atom is 0.334 e. The summed E-state index contributed by atoms with van der Waals surface area (Å²) in [7, 11) is 0. The zero-order valence-electron chi connectivity index (χ0n) is 18.7. The molecule has 0 heterocycles. The number of hydrogen-bond acceptors (Lipinski definition) is 10. The van der Waals surface area contributed by atoms with Crippen molar-refractivity contribution in [3.05, 3.63) is 92.0 Å². The number of hydrogen-bond donors (Lipinski definition) is 0. The lowest BCUT2D eigenvalue weighted by Crippen LogP contribution is -2.27. The molecular weight excluding hydrogens is 464 g/mol. The molecule has 0 aliphatic heterocycles. The summed E-state index contributed by atoms with van der Waals surface area (Å²) < 4.78 is 10.0. The van der Waals surface area contributed by atoms with Crippen LogP contribution >= 0.6 is 0 Å². The van der Waals surface area contributed by atoms with Crippen molar-refractivity contribution in [3.8, 4) is 0 Å². The summed E-state index contributed by atoms with van der Waals surface area (Å²) in [5, 5.41) is 21.4. The molecule has 182 valence electrons. The molecular formula is C23H20N2O10. The van der Waals surface area contributed by atoms with Crippen molar-refractivity contribution in [2.75, 3.05) is 0 Å². The number of esters is 2. The molecule has 12 nitrogen and oxygen atoms in total. The van der Waals surface area contributed by atoms with E-state index in [9.17, 15) is 39.4 Å². The molecule has 0 amide bonds. The van der Waals surface area contributed by atoms with Crippen LogP contribution in [0.3, 0.4) is 0 Å². The summed E-state index contributed by atoms with van der Waals surface area (Å²) in [6.45, 7) is 6.03. The Kier molecular flexibility index (Phi) is 8.64. The summed E-state index contributed by atoms with van der Waals surface area (Å²) >= 11 is 0. The molecule has 0 aliphatic carbocycles. The van der Waals surface area contributed by atoms with E-state index < -0.39 is 52.0 Å². The van der Waals surface area contributed by atoms with Gasteiger partial charge < -0.3 is 9.47 Å². The number of carbonyl (C=O) groups excluding carboxylic acids is 4. The van der Waals surface area contributed by atoms with E-state index in [0.717, 1.165) is 24.3 Å². The van der Waals surface area contributed by atoms with Gasteiger partial charge in [-0.1, -0.05) is 6.58 Å². The molecule has 0 aromatic heterocycles. The zero-order chi connectivity index (χ0) is 26.3. The lowest BCUT2D eigenvalue weighted by Gasteiger charge is -2.15. The van der Waals surface area contributed by atoms with Gasteiger partial charge in [0.1, 0.15) is 0 Å². The Morgan fingerprint density at radius 2 is 1.14 bits per heavy atom. The number of carbonyl (C=O) groups is 4. The van der Waals surface area contributed by atoms with Gasteiger partial charge in [-0.2, -0.15) is 0 Å². The minimum Gasteiger partial charge on any atom is -0.454 e. The van der Waals surface area contributed by atoms with Crippen LogP contribution in [0, 0.1) is 20.2 Å². The largest absolute Gasteiger partial charge is 0.454 e. The van der Waals surface area contributed by atoms with E-state index in [1.165, 1.54) is 38.1 Å². The second-order valence-corrected chi connectivity index (χ2v) is 7.30. The Morgan fingerprint density at radius 1 is 0.771 bits per heavy atom. The molecule has 0 N–H and O–H groups in total. The highest BCUT2D eigenvalue weighted by Crippen LogP contribution is 2.17. The van der Waals surface area contributed by atoms with Gasteiger partial charge in [0.25, 0.3) is 11.4 Å². The van der Waals surface area contributed by atoms with Gasteiger partial charge in [-0.3, -0.25) is 34.6 Å². The van der Waals surface area contributed by atoms with Crippen molar-refractivity contribution in [1.29, 1.82) is 0 Å². The van der Waals surface area contributed by atoms with Gasteiger partial charge in [-0.05, 0) is 38.1 Å². The van der Waals surface area contributed by atoms with E-state index in [-0.39, 0.29) is 28.1 Å². The average molecular weight is 484 g/mol. The van der Waals surface area contributed by atoms with E-state index in [2.05, 4.69) is 6.58 Å². The predicted octanol–water partition coefficient (Wildman–Crippen LogP) is 3.38. The molecule has 35 heavy (non-hydrogen) atoms. The Labute approximate surface area is 198 Å². The lowest BCUT2D eigenvalue weighted by atomic mass is 10.1. The van der Waals surface area contributed by atoms with Crippen molar-refractivity contribution >= 4 is 34.9 Å². The molecule has 0 radical (unpaired) electrons. The normalized spacial score (nSPS) is 12.1. The summed E-state index contributed by atoms with van der Waals surface area (Å²) in [4.78, 5) is 69.2. The van der Waals surface area contributed by atoms with Crippen LogP contribution < -0.4 is 0 Å². The van der Waals surface area contributed by atoms with Crippen molar-refractivity contribution in [2.45, 2.75) is 32.5 Å². The van der Waals surface area contributed by atoms with Gasteiger partial charge in [0.2, 0.25) is 11.6 Å². The molecule has 0 saturated heterocycles. The minimum absolute atomic E-state index is 0.0829. The maximum atomic E-state index is 12.4. The number of ketones is 2. The SMILES string of the molecule is C=C(CC(=O)OC(C)C(=O)c1ccc([N+](=O)[O-])cc1)C(=O)OC(C)C(=O)c1ccc([N+](=O)[O-])cc1. The quantitative estimate of drug-likeness (QED) is 0.151. The van der Waals surface area contributed by atoms with Gasteiger partial charge in [0, 0.05) is 41.0 Å². The predicted molar refractivity (Wildman–Crippen MR) is 120 cm³/mol. The third kappa shape index (κ3) is 7.12. The van der Waals surface area contributed by atoms with Gasteiger partial charge in [-0.25, -0.2) is 4.79 Å². The van der Waals surface area contributed by atoms with Crippen molar-refractivity contribution in [3.63, 3.8) is 0 Å². The first kappa shape index (κ1) is 26.5. The van der Waals surface area contributed by atoms with E-state index in [1.807, 2.05) is 0 Å². The fraction of sp³-hybridized carbons (Fsp3) is 0.217. The number of ether oxygens (including phenoxy) is 2. The van der Waals surface area contributed by atoms with Crippen molar-refractivity contribution in [2.24, 2.45) is 0 Å². The Morgan fingerprint density at radius 3 is 1.51 bits per heavy atom. The van der Waals surface area contributed by atoms with Gasteiger partial charge in [0.15, 0.2) is 12.2 Å². The number of non-ortho nitro benzene ring substituents is 2. The standard InChI is InChI=1S/C23H20N2O10/c1-13(23(29)35-15(3)22(28)17-6-10-19(11-7-17)25(32)33)12-20(26)34-14(2)21(27)16-4-8-18(9-5-16)24(30)31/h4-11,14-15H,1,12H2,2-3H3. The Bertz CT molecular complexity index is 1190. The first-order valence-corrected chi connectivity index (χ1v) is 10.1. The van der Waals surface area contributed by atoms with E-state index in [0.29, 0.717) is 0 Å². The highest BCUT2D eigenvalue weighted by molar-refractivity contribution is 6.02. The van der Waals surface area contributed by atoms with Crippen LogP contribution in [0.25, 0.3) is 0 Å². The molecule has 2 aromatic rings. The number of nitro groups is 2. The van der Waals surface area contributed by atoms with Crippen molar-refractivity contribution < 1.29 is 38.5 Å². The summed E-state index contributed by atoms with van der Waals surface area (Å²) in [5.74, 6) is -3.22. The van der Waals surface area contributed by atoms with E-state index in [1.54, 1.807) is 0 Å². The summed E-state index contributed by atoms with van der Waals surface area (Å²) in [6.07, 6.45) is -3.12. The summed E-state index contributed by atoms with van der Waals surface area (Å²) in [5.41, 5.74) is -0.567. The average Bonchev–Trinajstić information content (AvgIpc) is 2.82. The zero-order valence-corrected chi connectivity index (χ0v) is 18.7. The highest BCUT2D eigenvalue weighted by Gasteiger charge is 2.25. The molecule has 0 fully saturated rings. The molecule has 0 spiro atoms. The number of benzene rings is 2. The smallest absolute Gasteiger partial charge is 0.334 e. The van der Waals surface area contributed by atoms with Gasteiger partial charge in [-0.15, -0.1) is 0 Å². The molecule has 0 bridgehead atoms. The molecule has 0 saturated carbocycles. The fourth-order valence-electron chi connectivity index (χ4n) is 2.80. The molecule has 2 unspecified atom stereocenters. The fourth-order valence-corrected chi connectivity index (χ4v) is 2.80.